The van der Waals surface area contributed by atoms with E-state index in [9.17, 15) is 4.79 Å². The average molecular weight is 289 g/mol. The molecular weight excluding hydrogens is 270 g/mol. The third kappa shape index (κ3) is 3.98. The molecule has 0 aliphatic heterocycles. The van der Waals surface area contributed by atoms with Crippen LogP contribution >= 0.6 is 0 Å². The van der Waals surface area contributed by atoms with Crippen molar-refractivity contribution in [2.45, 2.75) is 33.4 Å². The molecule has 112 valence electrons. The lowest BCUT2D eigenvalue weighted by molar-refractivity contribution is 0.0943. The summed E-state index contributed by atoms with van der Waals surface area (Å²) < 4.78 is 1.86. The first-order valence-electron chi connectivity index (χ1n) is 6.97. The van der Waals surface area contributed by atoms with Gasteiger partial charge in [-0.25, -0.2) is 0 Å². The smallest absolute Gasteiger partial charge is 0.272 e. The highest BCUT2D eigenvalue weighted by Crippen LogP contribution is 2.02. The molecule has 0 radical (unpaired) electrons. The minimum Gasteiger partial charge on any atom is -0.369 e. The Bertz CT molecular complexity index is 578. The number of aromatic nitrogens is 5. The highest BCUT2D eigenvalue weighted by Gasteiger charge is 2.10. The van der Waals surface area contributed by atoms with Crippen LogP contribution in [0.4, 0.5) is 5.82 Å². The monoisotopic (exact) mass is 289 g/mol. The van der Waals surface area contributed by atoms with Gasteiger partial charge in [0.15, 0.2) is 11.5 Å². The summed E-state index contributed by atoms with van der Waals surface area (Å²) in [4.78, 5) is 12.0. The van der Waals surface area contributed by atoms with Crippen LogP contribution in [0, 0.1) is 0 Å². The summed E-state index contributed by atoms with van der Waals surface area (Å²) in [6, 6.07) is 3.39. The Hall–Kier alpha value is -2.51. The molecule has 0 bridgehead atoms. The van der Waals surface area contributed by atoms with Crippen LogP contribution in [0.3, 0.4) is 0 Å². The number of nitrogens with zero attached hydrogens (tertiary/aromatic N) is 5. The van der Waals surface area contributed by atoms with Gasteiger partial charge in [0.05, 0.1) is 6.54 Å². The number of aryl methyl sites for hydroxylation is 1. The van der Waals surface area contributed by atoms with Crippen molar-refractivity contribution in [1.82, 2.24) is 30.3 Å². The second kappa shape index (κ2) is 7.32. The van der Waals surface area contributed by atoms with Gasteiger partial charge in [-0.3, -0.25) is 4.79 Å². The fraction of sp³-hybridized carbons (Fsp3) is 0.462. The Morgan fingerprint density at radius 3 is 2.76 bits per heavy atom. The Labute approximate surface area is 123 Å². The zero-order valence-electron chi connectivity index (χ0n) is 12.2. The van der Waals surface area contributed by atoms with Gasteiger partial charge in [-0.1, -0.05) is 6.92 Å². The van der Waals surface area contributed by atoms with Crippen molar-refractivity contribution in [3.63, 3.8) is 0 Å². The minimum atomic E-state index is -0.282. The SMILES string of the molecule is CCCNc1ccc(C(=O)NCc2nncn2CC)nn1. The van der Waals surface area contributed by atoms with Gasteiger partial charge >= 0.3 is 0 Å². The second-order valence-electron chi connectivity index (χ2n) is 4.45. The van der Waals surface area contributed by atoms with Crippen molar-refractivity contribution in [2.24, 2.45) is 0 Å². The average Bonchev–Trinajstić information content (AvgIpc) is 2.98. The van der Waals surface area contributed by atoms with Crippen LogP contribution in [-0.2, 0) is 13.1 Å². The molecule has 2 N–H and O–H groups in total. The lowest BCUT2D eigenvalue weighted by atomic mass is 10.3. The number of hydrogen-bond donors (Lipinski definition) is 2. The first-order chi connectivity index (χ1) is 10.2. The van der Waals surface area contributed by atoms with Gasteiger partial charge < -0.3 is 15.2 Å². The molecule has 0 saturated carbocycles. The highest BCUT2D eigenvalue weighted by molar-refractivity contribution is 5.92. The van der Waals surface area contributed by atoms with Crippen LogP contribution in [0.5, 0.6) is 0 Å². The second-order valence-corrected chi connectivity index (χ2v) is 4.45. The first kappa shape index (κ1) is 14.9. The molecule has 0 aromatic carbocycles. The first-order valence-corrected chi connectivity index (χ1v) is 6.97. The standard InChI is InChI=1S/C13H19N7O/c1-3-7-14-11-6-5-10(17-18-11)13(21)15-8-12-19-16-9-20(12)4-2/h5-6,9H,3-4,7-8H2,1-2H3,(H,14,18)(H,15,21). The summed E-state index contributed by atoms with van der Waals surface area (Å²) in [5.74, 6) is 1.09. The van der Waals surface area contributed by atoms with E-state index >= 15 is 0 Å². The maximum absolute atomic E-state index is 12.0. The molecule has 2 rings (SSSR count). The van der Waals surface area contributed by atoms with Gasteiger partial charge in [-0.15, -0.1) is 20.4 Å². The number of anilines is 1. The molecule has 0 aliphatic rings. The summed E-state index contributed by atoms with van der Waals surface area (Å²) in [5, 5.41) is 21.5. The number of amides is 1. The zero-order valence-corrected chi connectivity index (χ0v) is 12.2. The molecule has 0 aliphatic carbocycles. The van der Waals surface area contributed by atoms with E-state index in [4.69, 9.17) is 0 Å². The normalized spacial score (nSPS) is 10.4. The van der Waals surface area contributed by atoms with E-state index in [1.807, 2.05) is 11.5 Å². The number of hydrogen-bond acceptors (Lipinski definition) is 6. The van der Waals surface area contributed by atoms with Gasteiger partial charge in [0.2, 0.25) is 0 Å². The Balaban J connectivity index is 1.91. The Kier molecular flexibility index (Phi) is 5.19. The number of carbonyl (C=O) groups excluding carboxylic acids is 1. The maximum atomic E-state index is 12.0. The quantitative estimate of drug-likeness (QED) is 0.784. The van der Waals surface area contributed by atoms with E-state index in [1.54, 1.807) is 18.5 Å². The predicted octanol–water partition coefficient (Wildman–Crippen LogP) is 0.840. The van der Waals surface area contributed by atoms with E-state index in [0.29, 0.717) is 18.2 Å². The molecule has 2 aromatic heterocycles. The summed E-state index contributed by atoms with van der Waals surface area (Å²) in [6.07, 6.45) is 2.64. The molecule has 8 nitrogen and oxygen atoms in total. The van der Waals surface area contributed by atoms with Gasteiger partial charge in [0.1, 0.15) is 12.1 Å². The van der Waals surface area contributed by atoms with Crippen LogP contribution in [0.25, 0.3) is 0 Å². The third-order valence-corrected chi connectivity index (χ3v) is 2.90. The van der Waals surface area contributed by atoms with Gasteiger partial charge in [-0.05, 0) is 25.5 Å². The lowest BCUT2D eigenvalue weighted by Gasteiger charge is -2.06. The molecule has 1 amide bonds. The van der Waals surface area contributed by atoms with Crippen molar-refractivity contribution in [1.29, 1.82) is 0 Å². The van der Waals surface area contributed by atoms with Crippen LogP contribution in [0.1, 0.15) is 36.6 Å². The topological polar surface area (TPSA) is 97.6 Å². The highest BCUT2D eigenvalue weighted by atomic mass is 16.1. The van der Waals surface area contributed by atoms with Crippen molar-refractivity contribution >= 4 is 11.7 Å². The summed E-state index contributed by atoms with van der Waals surface area (Å²) in [6.45, 7) is 5.95. The van der Waals surface area contributed by atoms with Crippen LogP contribution in [-0.4, -0.2) is 37.4 Å². The van der Waals surface area contributed by atoms with E-state index in [1.165, 1.54) is 0 Å². The van der Waals surface area contributed by atoms with Crippen LogP contribution in [0.15, 0.2) is 18.5 Å². The number of nitrogens with one attached hydrogen (secondary N) is 2. The van der Waals surface area contributed by atoms with Gasteiger partial charge in [-0.2, -0.15) is 0 Å². The van der Waals surface area contributed by atoms with Crippen molar-refractivity contribution in [3.8, 4) is 0 Å². The van der Waals surface area contributed by atoms with Crippen molar-refractivity contribution in [2.75, 3.05) is 11.9 Å². The van der Waals surface area contributed by atoms with Gasteiger partial charge in [0, 0.05) is 13.1 Å². The van der Waals surface area contributed by atoms with Crippen LogP contribution < -0.4 is 10.6 Å². The molecule has 0 saturated heterocycles. The fourth-order valence-corrected chi connectivity index (χ4v) is 1.73. The van der Waals surface area contributed by atoms with E-state index < -0.39 is 0 Å². The zero-order chi connectivity index (χ0) is 15.1. The van der Waals surface area contributed by atoms with Gasteiger partial charge in [0.25, 0.3) is 5.91 Å². The molecular formula is C13H19N7O. The molecule has 0 atom stereocenters. The van der Waals surface area contributed by atoms with Crippen LogP contribution in [0.2, 0.25) is 0 Å². The molecule has 2 heterocycles. The third-order valence-electron chi connectivity index (χ3n) is 2.90. The van der Waals surface area contributed by atoms with Crippen molar-refractivity contribution in [3.05, 3.63) is 30.0 Å². The Morgan fingerprint density at radius 2 is 2.10 bits per heavy atom. The summed E-state index contributed by atoms with van der Waals surface area (Å²) in [7, 11) is 0. The minimum absolute atomic E-state index is 0.277. The van der Waals surface area contributed by atoms with E-state index in [0.717, 1.165) is 19.5 Å². The summed E-state index contributed by atoms with van der Waals surface area (Å²) >= 11 is 0. The number of carbonyl (C=O) groups is 1. The number of rotatable bonds is 7. The largest absolute Gasteiger partial charge is 0.369 e. The molecule has 0 spiro atoms. The lowest BCUT2D eigenvalue weighted by Crippen LogP contribution is -2.25. The van der Waals surface area contributed by atoms with E-state index in [2.05, 4.69) is 38.0 Å². The summed E-state index contributed by atoms with van der Waals surface area (Å²) in [5.41, 5.74) is 0.277. The maximum Gasteiger partial charge on any atom is 0.272 e. The molecule has 21 heavy (non-hydrogen) atoms. The molecule has 8 heteroatoms. The van der Waals surface area contributed by atoms with E-state index in [-0.39, 0.29) is 11.6 Å². The molecule has 0 fully saturated rings. The fourth-order valence-electron chi connectivity index (χ4n) is 1.73. The van der Waals surface area contributed by atoms with Crippen molar-refractivity contribution < 1.29 is 4.79 Å². The predicted molar refractivity (Wildman–Crippen MR) is 77.7 cm³/mol. The molecule has 2 aromatic rings. The molecule has 0 unspecified atom stereocenters. The Morgan fingerprint density at radius 1 is 1.24 bits per heavy atom.